The number of carbonyl (C=O) groups is 2. The van der Waals surface area contributed by atoms with Gasteiger partial charge in [0.25, 0.3) is 33.7 Å². The van der Waals surface area contributed by atoms with Crippen molar-refractivity contribution in [3.05, 3.63) is 121 Å². The predicted molar refractivity (Wildman–Crippen MR) is 220 cm³/mol. The summed E-state index contributed by atoms with van der Waals surface area (Å²) in [5.74, 6) is -0.738. The Bertz CT molecular complexity index is 2810. The second kappa shape index (κ2) is 19.0. The average Bonchev–Trinajstić information content (AvgIpc) is 3.96. The molecular formula is C40H41N8O15P2-. The third kappa shape index (κ3) is 10.1. The van der Waals surface area contributed by atoms with Crippen molar-refractivity contribution >= 4 is 55.2 Å². The number of hydrogen-bond donors (Lipinski definition) is 6. The van der Waals surface area contributed by atoms with E-state index in [1.807, 2.05) is 42.5 Å². The van der Waals surface area contributed by atoms with E-state index in [1.54, 1.807) is 12.1 Å². The number of methoxy groups -OCH3 is 1. The van der Waals surface area contributed by atoms with E-state index in [9.17, 15) is 43.8 Å². The number of ether oxygens (including phenoxy) is 3. The van der Waals surface area contributed by atoms with Crippen molar-refractivity contribution in [3.8, 4) is 5.75 Å². The Morgan fingerprint density at radius 2 is 1.58 bits per heavy atom. The highest BCUT2D eigenvalue weighted by Gasteiger charge is 2.49. The summed E-state index contributed by atoms with van der Waals surface area (Å²) in [6.07, 6.45) is -5.55. The van der Waals surface area contributed by atoms with Gasteiger partial charge in [-0.25, -0.2) is 19.3 Å². The number of carbonyl (C=O) groups excluding carboxylic acids is 2. The van der Waals surface area contributed by atoms with Crippen LogP contribution in [-0.2, 0) is 38.5 Å². The molecule has 65 heavy (non-hydrogen) atoms. The van der Waals surface area contributed by atoms with E-state index in [4.69, 9.17) is 24.5 Å². The van der Waals surface area contributed by atoms with Gasteiger partial charge in [0.1, 0.15) is 48.1 Å². The Labute approximate surface area is 368 Å². The number of hydrogen-bond acceptors (Lipinski definition) is 19. The van der Waals surface area contributed by atoms with Gasteiger partial charge in [-0.15, -0.1) is 0 Å². The SMILES string of the molecule is COc1cccc(C(=O)N[C@@H]2[C@H](O)[C@@H](COP(=O)([O-])OP(=O)([O-])OC[C@H]3O[C@@H]([n+]4cccc(C(N)=O)c4)[C@H](O)[C@@H]3O)O[C@H]2n2cnc3c(NCc4cccc5ccccc45)ncnc32)c1. The Balaban J connectivity index is 0.961. The number of primary amides is 1. The van der Waals surface area contributed by atoms with Gasteiger partial charge in [0.05, 0.1) is 26.7 Å². The van der Waals surface area contributed by atoms with E-state index in [1.165, 1.54) is 65.6 Å². The topological polar surface area (TPSA) is 328 Å². The third-order valence-corrected chi connectivity index (χ3v) is 13.2. The van der Waals surface area contributed by atoms with E-state index < -0.39 is 89.7 Å². The Hall–Kier alpha value is -5.78. The van der Waals surface area contributed by atoms with Crippen molar-refractivity contribution in [2.24, 2.45) is 5.73 Å². The first-order valence-electron chi connectivity index (χ1n) is 19.7. The summed E-state index contributed by atoms with van der Waals surface area (Å²) in [6, 6.07) is 21.4. The highest BCUT2D eigenvalue weighted by atomic mass is 31.3. The number of aliphatic hydroxyl groups excluding tert-OH is 3. The van der Waals surface area contributed by atoms with Gasteiger partial charge in [0, 0.05) is 18.2 Å². The fraction of sp³-hybridized carbons (Fsp3) is 0.300. The van der Waals surface area contributed by atoms with Gasteiger partial charge < -0.3 is 64.7 Å². The van der Waals surface area contributed by atoms with E-state index in [-0.39, 0.29) is 16.8 Å². The van der Waals surface area contributed by atoms with Crippen molar-refractivity contribution in [1.82, 2.24) is 24.8 Å². The second-order valence-electron chi connectivity index (χ2n) is 14.8. The van der Waals surface area contributed by atoms with Crippen LogP contribution in [0, 0.1) is 0 Å². The number of nitrogens with zero attached hydrogens (tertiary/aromatic N) is 5. The minimum atomic E-state index is -5.83. The average molecular weight is 936 g/mol. The third-order valence-electron chi connectivity index (χ3n) is 10.7. The van der Waals surface area contributed by atoms with E-state index in [0.29, 0.717) is 23.6 Å². The van der Waals surface area contributed by atoms with E-state index in [0.717, 1.165) is 16.3 Å². The molecule has 342 valence electrons. The molecule has 2 unspecified atom stereocenters. The molecule has 2 fully saturated rings. The van der Waals surface area contributed by atoms with Crippen molar-refractivity contribution in [2.75, 3.05) is 25.6 Å². The summed E-state index contributed by atoms with van der Waals surface area (Å²) in [5.41, 5.74) is 6.98. The number of fused-ring (bicyclic) bond motifs is 2. The maximum atomic E-state index is 13.6. The summed E-state index contributed by atoms with van der Waals surface area (Å²) in [7, 11) is -10.2. The van der Waals surface area contributed by atoms with Gasteiger partial charge in [0.2, 0.25) is 0 Å². The minimum Gasteiger partial charge on any atom is -0.756 e. The number of imidazole rings is 1. The molecule has 2 aliphatic rings. The van der Waals surface area contributed by atoms with Crippen LogP contribution in [0.25, 0.3) is 21.9 Å². The summed E-state index contributed by atoms with van der Waals surface area (Å²) in [4.78, 5) is 64.1. The molecule has 3 aromatic carbocycles. The van der Waals surface area contributed by atoms with Crippen molar-refractivity contribution in [1.29, 1.82) is 0 Å². The number of nitrogens with one attached hydrogen (secondary N) is 2. The fourth-order valence-corrected chi connectivity index (χ4v) is 9.49. The van der Waals surface area contributed by atoms with Crippen LogP contribution in [0.4, 0.5) is 5.82 Å². The minimum absolute atomic E-state index is 0.0424. The molecule has 23 nitrogen and oxygen atoms in total. The zero-order valence-electron chi connectivity index (χ0n) is 34.0. The Morgan fingerprint density at radius 3 is 2.34 bits per heavy atom. The predicted octanol–water partition coefficient (Wildman–Crippen LogP) is 0.350. The van der Waals surface area contributed by atoms with Crippen LogP contribution in [0.3, 0.4) is 0 Å². The van der Waals surface area contributed by atoms with Crippen LogP contribution in [-0.4, -0.2) is 104 Å². The zero-order chi connectivity index (χ0) is 46.0. The van der Waals surface area contributed by atoms with Gasteiger partial charge >= 0.3 is 0 Å². The lowest BCUT2D eigenvalue weighted by Crippen LogP contribution is -2.47. The molecule has 3 aromatic heterocycles. The zero-order valence-corrected chi connectivity index (χ0v) is 35.8. The maximum absolute atomic E-state index is 13.6. The van der Waals surface area contributed by atoms with Crippen molar-refractivity contribution in [2.45, 2.75) is 55.6 Å². The standard InChI is InChI=1S/C40H42N8O15P2/c1-58-26-12-5-9-23(15-26)38(53)46-30-32(49)28(61-39(30)48-21-45-31-36(43-20-44-37(31)48)42-16-24-10-4-8-22-7-2-3-13-27(22)24)18-59-64(54,55)63-65(56,57)60-19-29-33(50)34(51)40(62-29)47-14-6-11-25(17-47)35(41)52/h2-15,17,20-21,28-30,32-34,39-40,49-51H,16,18-19H2,1H3,(H5-,41,42,43,44,46,52,53,54,55,56,57)/p-1/t28-,29-,30-,32-,33-,34-,39-,40-/m1/s1. The molecule has 0 radical (unpaired) electrons. The summed E-state index contributed by atoms with van der Waals surface area (Å²) in [5, 5.41) is 40.8. The molecule has 25 heteroatoms. The van der Waals surface area contributed by atoms with E-state index >= 15 is 0 Å². The van der Waals surface area contributed by atoms with Crippen molar-refractivity contribution in [3.63, 3.8) is 0 Å². The van der Waals surface area contributed by atoms with Crippen LogP contribution in [0.2, 0.25) is 0 Å². The number of benzene rings is 3. The van der Waals surface area contributed by atoms with Gasteiger partial charge in [-0.2, -0.15) is 4.57 Å². The Kier molecular flexibility index (Phi) is 13.4. The molecule has 2 saturated heterocycles. The highest BCUT2D eigenvalue weighted by molar-refractivity contribution is 7.59. The second-order valence-corrected chi connectivity index (χ2v) is 17.8. The number of phosphoric ester groups is 2. The summed E-state index contributed by atoms with van der Waals surface area (Å²) in [6.45, 7) is -1.68. The smallest absolute Gasteiger partial charge is 0.292 e. The molecule has 0 aliphatic carbocycles. The largest absolute Gasteiger partial charge is 0.756 e. The maximum Gasteiger partial charge on any atom is 0.292 e. The van der Waals surface area contributed by atoms with Crippen LogP contribution in [0.15, 0.2) is 104 Å². The first-order chi connectivity index (χ1) is 31.1. The van der Waals surface area contributed by atoms with Crippen molar-refractivity contribution < 1.29 is 76.0 Å². The highest BCUT2D eigenvalue weighted by Crippen LogP contribution is 2.56. The van der Waals surface area contributed by atoms with Gasteiger partial charge in [-0.1, -0.05) is 48.5 Å². The lowest BCUT2D eigenvalue weighted by molar-refractivity contribution is -0.765. The molecule has 0 spiro atoms. The first-order valence-corrected chi connectivity index (χ1v) is 22.6. The van der Waals surface area contributed by atoms with Gasteiger partial charge in [0.15, 0.2) is 41.7 Å². The van der Waals surface area contributed by atoms with Crippen LogP contribution in [0.1, 0.15) is 38.7 Å². The number of phosphoric acid groups is 2. The normalized spacial score (nSPS) is 25.0. The number of anilines is 1. The number of pyridine rings is 1. The van der Waals surface area contributed by atoms with Gasteiger partial charge in [-0.05, 0) is 40.6 Å². The lowest BCUT2D eigenvalue weighted by atomic mass is 10.0. The summed E-state index contributed by atoms with van der Waals surface area (Å²) < 4.78 is 59.0. The van der Waals surface area contributed by atoms with Crippen LogP contribution in [0.5, 0.6) is 5.75 Å². The molecule has 0 bridgehead atoms. The van der Waals surface area contributed by atoms with Crippen LogP contribution >= 0.6 is 15.6 Å². The number of aromatic nitrogens is 5. The number of nitrogens with two attached hydrogens (primary N) is 1. The van der Waals surface area contributed by atoms with E-state index in [2.05, 4.69) is 34.4 Å². The summed E-state index contributed by atoms with van der Waals surface area (Å²) >= 11 is 0. The molecule has 7 N–H and O–H groups in total. The fourth-order valence-electron chi connectivity index (χ4n) is 7.48. The molecule has 10 atom stereocenters. The van der Waals surface area contributed by atoms with Crippen LogP contribution < -0.4 is 35.5 Å². The number of amides is 2. The quantitative estimate of drug-likeness (QED) is 0.0531. The molecule has 5 heterocycles. The monoisotopic (exact) mass is 935 g/mol. The lowest BCUT2D eigenvalue weighted by Gasteiger charge is -2.31. The molecule has 2 amide bonds. The number of aliphatic hydroxyl groups is 3. The molecule has 0 saturated carbocycles. The van der Waals surface area contributed by atoms with Gasteiger partial charge in [-0.3, -0.25) is 23.3 Å². The molecule has 2 aliphatic heterocycles. The Morgan fingerprint density at radius 1 is 0.877 bits per heavy atom. The number of rotatable bonds is 17. The molecule has 8 rings (SSSR count). The molecule has 6 aromatic rings. The first kappa shape index (κ1) is 45.8. The molecular weight excluding hydrogens is 894 g/mol.